The average Bonchev–Trinajstić information content (AvgIpc) is 2.88. The first-order valence-corrected chi connectivity index (χ1v) is 7.70. The third kappa shape index (κ3) is 5.30. The number of carbonyl (C=O) groups excluding carboxylic acids is 1. The van der Waals surface area contributed by atoms with Crippen molar-refractivity contribution in [3.63, 3.8) is 0 Å². The van der Waals surface area contributed by atoms with Gasteiger partial charge in [0.1, 0.15) is 5.56 Å². The lowest BCUT2D eigenvalue weighted by molar-refractivity contribution is 0.0926. The highest BCUT2D eigenvalue weighted by Gasteiger charge is 2.33. The van der Waals surface area contributed by atoms with E-state index in [0.717, 1.165) is 32.5 Å². The van der Waals surface area contributed by atoms with Gasteiger partial charge in [-0.2, -0.15) is 0 Å². The minimum absolute atomic E-state index is 0. The van der Waals surface area contributed by atoms with Gasteiger partial charge in [-0.05, 0) is 12.3 Å². The Labute approximate surface area is 142 Å². The Morgan fingerprint density at radius 2 is 2.30 bits per heavy atom. The number of likely N-dealkylation sites (tertiary alicyclic amines) is 1. The van der Waals surface area contributed by atoms with E-state index in [0.29, 0.717) is 12.5 Å². The number of methoxy groups -OCH3 is 1. The number of amides is 1. The molecule has 0 aliphatic carbocycles. The number of ether oxygens (including phenoxy) is 1. The molecule has 23 heavy (non-hydrogen) atoms. The first kappa shape index (κ1) is 19.6. The van der Waals surface area contributed by atoms with Crippen molar-refractivity contribution in [1.82, 2.24) is 20.2 Å². The van der Waals surface area contributed by atoms with E-state index in [1.54, 1.807) is 7.11 Å². The van der Waals surface area contributed by atoms with Gasteiger partial charge >= 0.3 is 0 Å². The number of aromatic amines is 1. The van der Waals surface area contributed by atoms with Crippen molar-refractivity contribution in [3.05, 3.63) is 28.4 Å². The van der Waals surface area contributed by atoms with Gasteiger partial charge in [-0.3, -0.25) is 14.5 Å². The van der Waals surface area contributed by atoms with Gasteiger partial charge in [-0.25, -0.2) is 4.98 Å². The van der Waals surface area contributed by atoms with Crippen LogP contribution in [0, 0.1) is 5.92 Å². The fourth-order valence-electron chi connectivity index (χ4n) is 2.94. The molecule has 0 saturated carbocycles. The summed E-state index contributed by atoms with van der Waals surface area (Å²) in [6.45, 7) is 5.42. The predicted octanol–water partition coefficient (Wildman–Crippen LogP) is 0.668. The minimum Gasteiger partial charge on any atom is -0.383 e. The summed E-state index contributed by atoms with van der Waals surface area (Å²) in [5.41, 5.74) is -0.345. The second-order valence-electron chi connectivity index (χ2n) is 5.68. The Hall–Kier alpha value is -1.44. The number of halogens is 1. The summed E-state index contributed by atoms with van der Waals surface area (Å²) in [5.74, 6) is 0.0515. The largest absolute Gasteiger partial charge is 0.383 e. The molecule has 1 aliphatic heterocycles. The molecule has 1 saturated heterocycles. The van der Waals surface area contributed by atoms with Crippen LogP contribution in [0.15, 0.2) is 17.3 Å². The molecule has 1 aliphatic rings. The van der Waals surface area contributed by atoms with Crippen molar-refractivity contribution in [2.75, 3.05) is 33.4 Å². The van der Waals surface area contributed by atoms with Crippen molar-refractivity contribution in [1.29, 1.82) is 0 Å². The number of nitrogens with one attached hydrogen (secondary N) is 2. The zero-order valence-electron chi connectivity index (χ0n) is 13.6. The number of nitrogens with zero attached hydrogens (tertiary/aromatic N) is 2. The third-order valence-corrected chi connectivity index (χ3v) is 4.07. The maximum atomic E-state index is 12.3. The van der Waals surface area contributed by atoms with Crippen LogP contribution in [0.1, 0.15) is 30.1 Å². The molecule has 1 aromatic heterocycles. The highest BCUT2D eigenvalue weighted by molar-refractivity contribution is 5.93. The molecular weight excluding hydrogens is 320 g/mol. The van der Waals surface area contributed by atoms with E-state index < -0.39 is 5.56 Å². The van der Waals surface area contributed by atoms with Crippen LogP contribution in [0.5, 0.6) is 0 Å². The van der Waals surface area contributed by atoms with Crippen molar-refractivity contribution in [2.45, 2.75) is 25.8 Å². The Morgan fingerprint density at radius 1 is 1.52 bits per heavy atom. The fraction of sp³-hybridized carbons (Fsp3) is 0.667. The Balaban J connectivity index is 0.00000264. The molecule has 2 N–H and O–H groups in total. The van der Waals surface area contributed by atoms with E-state index in [-0.39, 0.29) is 29.9 Å². The SMILES string of the molecule is CCC[C@H]1CN(CCOC)C[C@@H]1NC(=O)c1cnc[nH]c1=O.Cl. The molecule has 8 heteroatoms. The summed E-state index contributed by atoms with van der Waals surface area (Å²) in [7, 11) is 1.69. The predicted molar refractivity (Wildman–Crippen MR) is 90.1 cm³/mol. The monoisotopic (exact) mass is 344 g/mol. The number of carbonyl (C=O) groups is 1. The van der Waals surface area contributed by atoms with Crippen molar-refractivity contribution in [3.8, 4) is 0 Å². The summed E-state index contributed by atoms with van der Waals surface area (Å²) in [5, 5.41) is 3.00. The van der Waals surface area contributed by atoms with Gasteiger partial charge in [0.05, 0.1) is 12.9 Å². The molecule has 2 heterocycles. The van der Waals surface area contributed by atoms with Crippen LogP contribution >= 0.6 is 12.4 Å². The smallest absolute Gasteiger partial charge is 0.263 e. The van der Waals surface area contributed by atoms with Gasteiger partial charge in [0.15, 0.2) is 0 Å². The van der Waals surface area contributed by atoms with Crippen molar-refractivity contribution >= 4 is 18.3 Å². The summed E-state index contributed by atoms with van der Waals surface area (Å²) >= 11 is 0. The van der Waals surface area contributed by atoms with Gasteiger partial charge in [-0.15, -0.1) is 12.4 Å². The van der Waals surface area contributed by atoms with E-state index in [1.807, 2.05) is 0 Å². The van der Waals surface area contributed by atoms with E-state index in [9.17, 15) is 9.59 Å². The molecule has 1 fully saturated rings. The highest BCUT2D eigenvalue weighted by Crippen LogP contribution is 2.21. The van der Waals surface area contributed by atoms with Gasteiger partial charge in [0.25, 0.3) is 11.5 Å². The lowest BCUT2D eigenvalue weighted by Gasteiger charge is -2.19. The van der Waals surface area contributed by atoms with E-state index in [2.05, 4.69) is 27.1 Å². The summed E-state index contributed by atoms with van der Waals surface area (Å²) in [4.78, 5) is 32.5. The standard InChI is InChI=1S/C15H24N4O3.ClH/c1-3-4-11-8-19(5-6-22-2)9-13(11)18-15(21)12-7-16-10-17-14(12)20;/h7,10-11,13H,3-6,8-9H2,1-2H3,(H,18,21)(H,16,17,20);1H/t11-,13-;/m0./s1. The van der Waals surface area contributed by atoms with Crippen LogP contribution in [-0.4, -0.2) is 60.2 Å². The summed E-state index contributed by atoms with van der Waals surface area (Å²) in [6, 6.07) is 0.0592. The van der Waals surface area contributed by atoms with E-state index in [4.69, 9.17) is 4.74 Å². The van der Waals surface area contributed by atoms with E-state index in [1.165, 1.54) is 12.5 Å². The topological polar surface area (TPSA) is 87.3 Å². The molecule has 0 radical (unpaired) electrons. The number of aromatic nitrogens is 2. The van der Waals surface area contributed by atoms with Gasteiger partial charge in [0.2, 0.25) is 0 Å². The normalized spacial score (nSPS) is 21.0. The second kappa shape index (κ2) is 9.64. The molecule has 1 aromatic rings. The van der Waals surface area contributed by atoms with Crippen LogP contribution in [0.25, 0.3) is 0 Å². The summed E-state index contributed by atoms with van der Waals surface area (Å²) in [6.07, 6.45) is 4.71. The van der Waals surface area contributed by atoms with Crippen LogP contribution < -0.4 is 10.9 Å². The Bertz CT molecular complexity index is 552. The molecule has 0 aromatic carbocycles. The first-order valence-electron chi connectivity index (χ1n) is 7.70. The molecule has 0 spiro atoms. The van der Waals surface area contributed by atoms with Gasteiger partial charge in [-0.1, -0.05) is 13.3 Å². The average molecular weight is 345 g/mol. The molecule has 2 atom stereocenters. The lowest BCUT2D eigenvalue weighted by Crippen LogP contribution is -2.42. The molecular formula is C15H25ClN4O3. The van der Waals surface area contributed by atoms with Gasteiger partial charge in [0, 0.05) is 39.0 Å². The zero-order chi connectivity index (χ0) is 15.9. The maximum Gasteiger partial charge on any atom is 0.263 e. The molecule has 130 valence electrons. The maximum absolute atomic E-state index is 12.3. The van der Waals surface area contributed by atoms with Crippen LogP contribution in [0.4, 0.5) is 0 Å². The zero-order valence-corrected chi connectivity index (χ0v) is 14.4. The molecule has 0 unspecified atom stereocenters. The molecule has 2 rings (SSSR count). The number of H-pyrrole nitrogens is 1. The minimum atomic E-state index is -0.409. The first-order chi connectivity index (χ1) is 10.7. The molecule has 0 bridgehead atoms. The molecule has 7 nitrogen and oxygen atoms in total. The lowest BCUT2D eigenvalue weighted by atomic mass is 9.98. The third-order valence-electron chi connectivity index (χ3n) is 4.07. The highest BCUT2D eigenvalue weighted by atomic mass is 35.5. The Kier molecular flexibility index (Phi) is 8.22. The van der Waals surface area contributed by atoms with Crippen LogP contribution in [-0.2, 0) is 4.74 Å². The molecule has 1 amide bonds. The number of hydrogen-bond donors (Lipinski definition) is 2. The second-order valence-corrected chi connectivity index (χ2v) is 5.68. The van der Waals surface area contributed by atoms with Crippen molar-refractivity contribution < 1.29 is 9.53 Å². The van der Waals surface area contributed by atoms with Gasteiger partial charge < -0.3 is 15.0 Å². The van der Waals surface area contributed by atoms with Crippen LogP contribution in [0.2, 0.25) is 0 Å². The number of hydrogen-bond acceptors (Lipinski definition) is 5. The van der Waals surface area contributed by atoms with Crippen molar-refractivity contribution in [2.24, 2.45) is 5.92 Å². The van der Waals surface area contributed by atoms with E-state index >= 15 is 0 Å². The summed E-state index contributed by atoms with van der Waals surface area (Å²) < 4.78 is 5.12. The quantitative estimate of drug-likeness (QED) is 0.759. The fourth-order valence-corrected chi connectivity index (χ4v) is 2.94. The number of rotatable bonds is 7. The van der Waals surface area contributed by atoms with Crippen LogP contribution in [0.3, 0.4) is 0 Å². The Morgan fingerprint density at radius 3 is 2.96 bits per heavy atom.